The molecule has 1 N–H and O–H groups in total. The minimum absolute atomic E-state index is 0.0595. The summed E-state index contributed by atoms with van der Waals surface area (Å²) in [6.45, 7) is 1.92. The quantitative estimate of drug-likeness (QED) is 0.271. The Morgan fingerprint density at radius 3 is 2.03 bits per heavy atom. The molecule has 36 heavy (non-hydrogen) atoms. The second-order valence-electron chi connectivity index (χ2n) is 8.49. The smallest absolute Gasteiger partial charge is 0.416 e. The molecule has 0 aromatic heterocycles. The van der Waals surface area contributed by atoms with Crippen LogP contribution in [0.15, 0.2) is 113 Å². The van der Waals surface area contributed by atoms with Crippen LogP contribution in [0.1, 0.15) is 16.7 Å². The Morgan fingerprint density at radius 1 is 0.806 bits per heavy atom. The van der Waals surface area contributed by atoms with Gasteiger partial charge in [0, 0.05) is 21.9 Å². The van der Waals surface area contributed by atoms with Crippen LogP contribution in [-0.2, 0) is 22.8 Å². The first-order chi connectivity index (χ1) is 17.2. The summed E-state index contributed by atoms with van der Waals surface area (Å²) >= 11 is 0. The Hall–Kier alpha value is -3.58. The highest BCUT2D eigenvalue weighted by Gasteiger charge is 2.56. The van der Waals surface area contributed by atoms with E-state index in [1.54, 1.807) is 78.9 Å². The van der Waals surface area contributed by atoms with Crippen LogP contribution in [0.4, 0.5) is 18.9 Å². The Bertz CT molecular complexity index is 1320. The predicted molar refractivity (Wildman–Crippen MR) is 137 cm³/mol. The van der Waals surface area contributed by atoms with Gasteiger partial charge in [0.2, 0.25) is 0 Å². The maximum Gasteiger partial charge on any atom is 0.416 e. The number of halogens is 3. The molecule has 0 spiro atoms. The molecule has 7 heteroatoms. The van der Waals surface area contributed by atoms with Crippen molar-refractivity contribution < 1.29 is 22.1 Å². The molecule has 1 unspecified atom stereocenters. The largest absolute Gasteiger partial charge is 0.497 e. The number of hydrogen-bond donors (Lipinski definition) is 1. The van der Waals surface area contributed by atoms with Crippen molar-refractivity contribution in [2.75, 3.05) is 12.4 Å². The predicted octanol–water partition coefficient (Wildman–Crippen LogP) is 7.28. The lowest BCUT2D eigenvalue weighted by molar-refractivity contribution is -0.182. The molecular weight excluding hydrogens is 483 g/mol. The SMILES string of the molecule is COc1ccc(N[C@](Cc2ccccc2S(=O)c2ccc(C)cc2)(c2ccccc2)C(F)(F)F)cc1. The number of benzene rings is 4. The molecule has 0 amide bonds. The first kappa shape index (κ1) is 25.5. The van der Waals surface area contributed by atoms with E-state index in [4.69, 9.17) is 4.74 Å². The van der Waals surface area contributed by atoms with E-state index in [1.165, 1.54) is 19.2 Å². The van der Waals surface area contributed by atoms with E-state index < -0.39 is 28.9 Å². The minimum atomic E-state index is -4.69. The zero-order valence-corrected chi connectivity index (χ0v) is 20.7. The van der Waals surface area contributed by atoms with Gasteiger partial charge in [-0.05, 0) is 60.5 Å². The molecule has 4 aromatic carbocycles. The Balaban J connectivity index is 1.83. The number of methoxy groups -OCH3 is 1. The van der Waals surface area contributed by atoms with Crippen LogP contribution < -0.4 is 10.1 Å². The van der Waals surface area contributed by atoms with Crippen LogP contribution in [0.5, 0.6) is 5.75 Å². The third kappa shape index (κ3) is 5.31. The molecule has 0 heterocycles. The fraction of sp³-hybridized carbons (Fsp3) is 0.172. The standard InChI is InChI=1S/C29H26F3NO2S/c1-21-12-18-26(19-13-21)36(34)27-11-7-6-8-22(27)20-28(29(30,31)32,23-9-4-3-5-10-23)33-24-14-16-25(35-2)17-15-24/h3-19,33H,20H2,1-2H3/t28-,36?/m1/s1. The monoisotopic (exact) mass is 509 g/mol. The first-order valence-corrected chi connectivity index (χ1v) is 12.5. The van der Waals surface area contributed by atoms with Crippen molar-refractivity contribution in [1.29, 1.82) is 0 Å². The normalized spacial score (nSPS) is 14.0. The Kier molecular flexibility index (Phi) is 7.50. The minimum Gasteiger partial charge on any atom is -0.497 e. The second kappa shape index (κ2) is 10.6. The van der Waals surface area contributed by atoms with Gasteiger partial charge in [-0.3, -0.25) is 0 Å². The molecule has 2 atom stereocenters. The van der Waals surface area contributed by atoms with Gasteiger partial charge >= 0.3 is 6.18 Å². The summed E-state index contributed by atoms with van der Waals surface area (Å²) in [4.78, 5) is 0.885. The van der Waals surface area contributed by atoms with E-state index in [2.05, 4.69) is 5.32 Å². The maximum atomic E-state index is 15.1. The van der Waals surface area contributed by atoms with E-state index in [1.807, 2.05) is 19.1 Å². The molecule has 4 aromatic rings. The highest BCUT2D eigenvalue weighted by Crippen LogP contribution is 2.45. The molecule has 0 aliphatic heterocycles. The highest BCUT2D eigenvalue weighted by atomic mass is 32.2. The van der Waals surface area contributed by atoms with E-state index in [0.717, 1.165) is 5.56 Å². The zero-order chi connectivity index (χ0) is 25.8. The molecule has 0 saturated heterocycles. The molecule has 0 saturated carbocycles. The lowest BCUT2D eigenvalue weighted by Crippen LogP contribution is -2.51. The summed E-state index contributed by atoms with van der Waals surface area (Å²) in [5, 5.41) is 2.78. The molecule has 0 bridgehead atoms. The first-order valence-electron chi connectivity index (χ1n) is 11.3. The average molecular weight is 510 g/mol. The molecule has 0 aliphatic carbocycles. The fourth-order valence-electron chi connectivity index (χ4n) is 4.10. The number of alkyl halides is 3. The van der Waals surface area contributed by atoms with E-state index in [9.17, 15) is 4.21 Å². The van der Waals surface area contributed by atoms with Gasteiger partial charge in [-0.2, -0.15) is 13.2 Å². The van der Waals surface area contributed by atoms with Crippen LogP contribution in [-0.4, -0.2) is 17.5 Å². The summed E-state index contributed by atoms with van der Waals surface area (Å²) in [5.74, 6) is 0.539. The number of hydrogen-bond acceptors (Lipinski definition) is 3. The van der Waals surface area contributed by atoms with Gasteiger partial charge in [0.25, 0.3) is 0 Å². The fourth-order valence-corrected chi connectivity index (χ4v) is 5.32. The maximum absolute atomic E-state index is 15.1. The second-order valence-corrected chi connectivity index (χ2v) is 9.94. The zero-order valence-electron chi connectivity index (χ0n) is 19.9. The van der Waals surface area contributed by atoms with Crippen molar-refractivity contribution in [3.05, 3.63) is 120 Å². The molecule has 4 rings (SSSR count). The Morgan fingerprint density at radius 2 is 1.42 bits per heavy atom. The number of aryl methyl sites for hydroxylation is 1. The lowest BCUT2D eigenvalue weighted by atomic mass is 9.82. The van der Waals surface area contributed by atoms with Gasteiger partial charge in [-0.15, -0.1) is 0 Å². The summed E-state index contributed by atoms with van der Waals surface area (Å²) < 4.78 is 64.0. The van der Waals surface area contributed by atoms with Crippen LogP contribution in [0.25, 0.3) is 0 Å². The summed E-state index contributed by atoms with van der Waals surface area (Å²) in [6, 6.07) is 27.9. The Labute approximate surface area is 211 Å². The molecule has 0 aliphatic rings. The van der Waals surface area contributed by atoms with Crippen molar-refractivity contribution in [2.45, 2.75) is 34.9 Å². The van der Waals surface area contributed by atoms with Gasteiger partial charge in [0.05, 0.1) is 17.9 Å². The average Bonchev–Trinajstić information content (AvgIpc) is 2.89. The third-order valence-electron chi connectivity index (χ3n) is 6.06. The number of ether oxygens (including phenoxy) is 1. The van der Waals surface area contributed by atoms with Crippen molar-refractivity contribution in [1.82, 2.24) is 0 Å². The number of anilines is 1. The molecular formula is C29H26F3NO2S. The van der Waals surface area contributed by atoms with Crippen molar-refractivity contribution in [2.24, 2.45) is 0 Å². The van der Waals surface area contributed by atoms with Crippen molar-refractivity contribution in [3.8, 4) is 5.75 Å². The van der Waals surface area contributed by atoms with E-state index in [-0.39, 0.29) is 11.3 Å². The molecule has 0 radical (unpaired) electrons. The van der Waals surface area contributed by atoms with Gasteiger partial charge in [0.15, 0.2) is 5.54 Å². The lowest BCUT2D eigenvalue weighted by Gasteiger charge is -2.38. The summed E-state index contributed by atoms with van der Waals surface area (Å²) in [5.41, 5.74) is -0.777. The van der Waals surface area contributed by atoms with Gasteiger partial charge in [0.1, 0.15) is 5.75 Å². The summed E-state index contributed by atoms with van der Waals surface area (Å²) in [7, 11) is -0.149. The topological polar surface area (TPSA) is 38.3 Å². The third-order valence-corrected chi connectivity index (χ3v) is 7.56. The molecule has 0 fully saturated rings. The van der Waals surface area contributed by atoms with Crippen LogP contribution in [0.3, 0.4) is 0 Å². The summed E-state index contributed by atoms with van der Waals surface area (Å²) in [6.07, 6.45) is -5.15. The van der Waals surface area contributed by atoms with Crippen LogP contribution >= 0.6 is 0 Å². The number of rotatable bonds is 8. The van der Waals surface area contributed by atoms with Crippen molar-refractivity contribution >= 4 is 16.5 Å². The van der Waals surface area contributed by atoms with E-state index in [0.29, 0.717) is 21.1 Å². The van der Waals surface area contributed by atoms with Crippen LogP contribution in [0, 0.1) is 6.92 Å². The van der Waals surface area contributed by atoms with Gasteiger partial charge in [-0.25, -0.2) is 4.21 Å². The van der Waals surface area contributed by atoms with Gasteiger partial charge in [-0.1, -0.05) is 66.2 Å². The number of nitrogens with one attached hydrogen (secondary N) is 1. The van der Waals surface area contributed by atoms with Gasteiger partial charge < -0.3 is 10.1 Å². The highest BCUT2D eigenvalue weighted by molar-refractivity contribution is 7.85. The molecule has 186 valence electrons. The van der Waals surface area contributed by atoms with E-state index >= 15 is 13.2 Å². The van der Waals surface area contributed by atoms with Crippen molar-refractivity contribution in [3.63, 3.8) is 0 Å². The molecule has 3 nitrogen and oxygen atoms in total. The van der Waals surface area contributed by atoms with Crippen LogP contribution in [0.2, 0.25) is 0 Å².